The van der Waals surface area contributed by atoms with Gasteiger partial charge in [0.25, 0.3) is 0 Å². The number of H-pyrrole nitrogens is 1. The number of nitrogens with zero attached hydrogens (tertiary/aromatic N) is 4. The normalized spacial score (nSPS) is 9.20. The van der Waals surface area contributed by atoms with E-state index >= 15 is 0 Å². The molecule has 3 aromatic heterocycles. The van der Waals surface area contributed by atoms with Crippen LogP contribution in [0.3, 0.4) is 0 Å². The van der Waals surface area contributed by atoms with E-state index in [0.717, 1.165) is 0 Å². The first-order valence-electron chi connectivity index (χ1n) is 5.28. The maximum atomic E-state index is 10.4. The van der Waals surface area contributed by atoms with Crippen LogP contribution in [0.4, 0.5) is 5.82 Å². The molecule has 1 amide bonds. The van der Waals surface area contributed by atoms with Crippen molar-refractivity contribution < 1.29 is 4.79 Å². The van der Waals surface area contributed by atoms with Crippen LogP contribution >= 0.6 is 0 Å². The van der Waals surface area contributed by atoms with Crippen molar-refractivity contribution in [1.82, 2.24) is 24.9 Å². The van der Waals surface area contributed by atoms with Crippen molar-refractivity contribution >= 4 is 52.4 Å². The molecule has 0 bridgehead atoms. The summed E-state index contributed by atoms with van der Waals surface area (Å²) < 4.78 is 0. The van der Waals surface area contributed by atoms with Gasteiger partial charge in [-0.2, -0.15) is 0 Å². The second-order valence-corrected chi connectivity index (χ2v) is 3.47. The number of primary amides is 1. The van der Waals surface area contributed by atoms with E-state index in [-0.39, 0.29) is 29.6 Å². The first kappa shape index (κ1) is 16.0. The fraction of sp³-hybridized carbons (Fsp3) is 0. The van der Waals surface area contributed by atoms with Gasteiger partial charge in [0.05, 0.1) is 11.9 Å². The number of carbonyl (C=O) groups is 1. The van der Waals surface area contributed by atoms with E-state index in [2.05, 4.69) is 24.9 Å². The predicted molar refractivity (Wildman–Crippen MR) is 74.6 cm³/mol. The number of fused-ring (bicyclic) bond motifs is 1. The molecule has 0 saturated carbocycles. The van der Waals surface area contributed by atoms with E-state index < -0.39 is 5.91 Å². The van der Waals surface area contributed by atoms with Crippen molar-refractivity contribution in [3.8, 4) is 0 Å². The number of hydrogen-bond acceptors (Lipinski definition) is 6. The summed E-state index contributed by atoms with van der Waals surface area (Å²) in [5, 5.41) is 0. The number of aromatic nitrogens is 5. The molecule has 3 rings (SSSR count). The minimum atomic E-state index is -0.442. The summed E-state index contributed by atoms with van der Waals surface area (Å²) in [6.07, 6.45) is 5.95. The number of nitrogens with two attached hydrogens (primary N) is 2. The summed E-state index contributed by atoms with van der Waals surface area (Å²) in [7, 11) is 0. The first-order valence-corrected chi connectivity index (χ1v) is 5.28. The van der Waals surface area contributed by atoms with Crippen molar-refractivity contribution in [2.45, 2.75) is 0 Å². The molecule has 0 aliphatic rings. The van der Waals surface area contributed by atoms with Gasteiger partial charge in [-0.25, -0.2) is 15.0 Å². The predicted octanol–water partition coefficient (Wildman–Crippen LogP) is -0.265. The Balaban J connectivity index is 0.000000192. The Bertz CT molecular complexity index is 685. The van der Waals surface area contributed by atoms with Crippen LogP contribution in [0, 0.1) is 0 Å². The van der Waals surface area contributed by atoms with Gasteiger partial charge < -0.3 is 16.5 Å². The van der Waals surface area contributed by atoms with E-state index in [0.29, 0.717) is 22.5 Å². The molecule has 3 heterocycles. The van der Waals surface area contributed by atoms with Crippen LogP contribution in [0.2, 0.25) is 0 Å². The number of nitrogen functional groups attached to an aromatic ring is 1. The molecule has 3 aromatic rings. The van der Waals surface area contributed by atoms with Gasteiger partial charge in [0.15, 0.2) is 11.5 Å². The summed E-state index contributed by atoms with van der Waals surface area (Å²) in [6.45, 7) is 0. The second-order valence-electron chi connectivity index (χ2n) is 3.47. The Morgan fingerprint density at radius 1 is 1.25 bits per heavy atom. The van der Waals surface area contributed by atoms with Gasteiger partial charge in [0.2, 0.25) is 5.91 Å². The summed E-state index contributed by atoms with van der Waals surface area (Å²) in [5.74, 6) is -0.00870. The van der Waals surface area contributed by atoms with Crippen molar-refractivity contribution in [3.05, 3.63) is 42.7 Å². The van der Waals surface area contributed by atoms with Gasteiger partial charge in [-0.15, -0.1) is 0 Å². The molecule has 0 unspecified atom stereocenters. The Morgan fingerprint density at radius 2 is 2.05 bits per heavy atom. The molecule has 9 heteroatoms. The van der Waals surface area contributed by atoms with Crippen LogP contribution in [-0.2, 0) is 0 Å². The van der Waals surface area contributed by atoms with Crippen LogP contribution in [0.1, 0.15) is 10.4 Å². The third-order valence-corrected chi connectivity index (χ3v) is 2.20. The number of amides is 1. The minimum absolute atomic E-state index is 0. The molecule has 5 N–H and O–H groups in total. The fourth-order valence-corrected chi connectivity index (χ4v) is 1.29. The quantitative estimate of drug-likeness (QED) is 0.525. The zero-order valence-corrected chi connectivity index (χ0v) is 12.8. The molecular weight excluding hydrogens is 269 g/mol. The van der Waals surface area contributed by atoms with E-state index in [4.69, 9.17) is 11.5 Å². The van der Waals surface area contributed by atoms with Crippen LogP contribution in [-0.4, -0.2) is 60.4 Å². The zero-order chi connectivity index (χ0) is 13.7. The van der Waals surface area contributed by atoms with Crippen LogP contribution in [0.15, 0.2) is 37.2 Å². The number of nitrogens with one attached hydrogen (secondary N) is 1. The number of carbonyl (C=O) groups excluding carboxylic acids is 1. The fourth-order valence-electron chi connectivity index (χ4n) is 1.29. The van der Waals surface area contributed by atoms with E-state index in [1.54, 1.807) is 18.3 Å². The van der Waals surface area contributed by atoms with Gasteiger partial charge in [-0.05, 0) is 12.1 Å². The average Bonchev–Trinajstić information content (AvgIpc) is 2.90. The van der Waals surface area contributed by atoms with Gasteiger partial charge >= 0.3 is 0 Å². The summed E-state index contributed by atoms with van der Waals surface area (Å²) in [6, 6.07) is 3.29. The topological polar surface area (TPSA) is 136 Å². The maximum absolute atomic E-state index is 10.4. The maximum Gasteiger partial charge on any atom is 0.250 e. The first-order chi connectivity index (χ1) is 9.18. The molecular formula is C11H11N7NaO. The molecule has 0 saturated heterocycles. The number of hydrogen-bond donors (Lipinski definition) is 3. The molecule has 0 fully saturated rings. The number of aromatic amines is 1. The number of pyridine rings is 1. The summed E-state index contributed by atoms with van der Waals surface area (Å²) in [5.41, 5.74) is 12.2. The summed E-state index contributed by atoms with van der Waals surface area (Å²) in [4.78, 5) is 28.5. The monoisotopic (exact) mass is 280 g/mol. The van der Waals surface area contributed by atoms with Gasteiger partial charge in [-0.1, -0.05) is 0 Å². The number of imidazole rings is 1. The van der Waals surface area contributed by atoms with E-state index in [1.807, 2.05) is 0 Å². The van der Waals surface area contributed by atoms with Crippen molar-refractivity contribution in [1.29, 1.82) is 0 Å². The Labute approximate surface area is 136 Å². The van der Waals surface area contributed by atoms with Gasteiger partial charge in [0.1, 0.15) is 11.8 Å². The summed E-state index contributed by atoms with van der Waals surface area (Å²) >= 11 is 0. The third-order valence-electron chi connectivity index (χ3n) is 2.20. The SMILES string of the molecule is NC(=O)c1cccnc1.Nc1ncnc2nc[nH]c12.[Na]. The molecule has 0 spiro atoms. The standard InChI is InChI=1S/C6H6N2O.C5H5N5.Na/c7-6(9)5-2-1-3-8-4-5;6-4-3-5(9-1-7-3)10-2-8-4;/h1-4H,(H2,7,9);1-2H,(H3,6,7,8,9,10);. The largest absolute Gasteiger partial charge is 0.382 e. The zero-order valence-electron chi connectivity index (χ0n) is 10.8. The molecule has 20 heavy (non-hydrogen) atoms. The molecule has 0 aliphatic heterocycles. The van der Waals surface area contributed by atoms with Gasteiger partial charge in [-0.3, -0.25) is 9.78 Å². The van der Waals surface area contributed by atoms with Crippen molar-refractivity contribution in [2.75, 3.05) is 5.73 Å². The van der Waals surface area contributed by atoms with E-state index in [9.17, 15) is 4.79 Å². The minimum Gasteiger partial charge on any atom is -0.382 e. The van der Waals surface area contributed by atoms with Crippen LogP contribution < -0.4 is 11.5 Å². The number of anilines is 1. The average molecular weight is 280 g/mol. The van der Waals surface area contributed by atoms with Crippen molar-refractivity contribution in [3.63, 3.8) is 0 Å². The van der Waals surface area contributed by atoms with E-state index in [1.165, 1.54) is 18.9 Å². The molecule has 0 aliphatic carbocycles. The Hall–Kier alpha value is -2.03. The third kappa shape index (κ3) is 3.98. The van der Waals surface area contributed by atoms with Gasteiger partial charge in [0, 0.05) is 42.0 Å². The van der Waals surface area contributed by atoms with Crippen LogP contribution in [0.5, 0.6) is 0 Å². The molecule has 8 nitrogen and oxygen atoms in total. The smallest absolute Gasteiger partial charge is 0.250 e. The molecule has 0 aromatic carbocycles. The Morgan fingerprint density at radius 3 is 2.60 bits per heavy atom. The molecule has 97 valence electrons. The molecule has 0 atom stereocenters. The molecule has 1 radical (unpaired) electrons. The van der Waals surface area contributed by atoms with Crippen molar-refractivity contribution in [2.24, 2.45) is 5.73 Å². The second kappa shape index (κ2) is 7.53. The number of rotatable bonds is 1. The Kier molecular flexibility index (Phi) is 6.04. The van der Waals surface area contributed by atoms with Crippen LogP contribution in [0.25, 0.3) is 11.2 Å².